The zero-order valence-electron chi connectivity index (χ0n) is 19.4. The van der Waals surface area contributed by atoms with Gasteiger partial charge in [0.2, 0.25) is 5.91 Å². The zero-order valence-corrected chi connectivity index (χ0v) is 19.4. The minimum atomic E-state index is -0.955. The normalized spacial score (nSPS) is 16.5. The van der Waals surface area contributed by atoms with E-state index in [1.165, 1.54) is 0 Å². The van der Waals surface area contributed by atoms with E-state index in [1.54, 1.807) is 48.4 Å². The van der Waals surface area contributed by atoms with Crippen molar-refractivity contribution in [2.75, 3.05) is 32.2 Å². The van der Waals surface area contributed by atoms with Gasteiger partial charge in [-0.1, -0.05) is 42.5 Å². The summed E-state index contributed by atoms with van der Waals surface area (Å²) in [5.41, 5.74) is 2.12. The van der Waals surface area contributed by atoms with Gasteiger partial charge in [0, 0.05) is 12.2 Å². The minimum absolute atomic E-state index is 0.0185. The lowest BCUT2D eigenvalue weighted by atomic mass is 9.99. The number of carbonyl (C=O) groups is 2. The quantitative estimate of drug-likeness (QED) is 0.492. The summed E-state index contributed by atoms with van der Waals surface area (Å²) < 4.78 is 16.1. The SMILES string of the molecule is COc1ccc(CN2C(=O)COC[C@@H]2[C@H](O)c2ccc(NC(=O)COc3ccccc3)cc2)cc1. The number of anilines is 1. The summed E-state index contributed by atoms with van der Waals surface area (Å²) >= 11 is 0. The van der Waals surface area contributed by atoms with Crippen LogP contribution in [0.15, 0.2) is 78.9 Å². The number of carbonyl (C=O) groups excluding carboxylic acids is 2. The van der Waals surface area contributed by atoms with Gasteiger partial charge in [0.05, 0.1) is 19.8 Å². The molecular weight excluding hydrogens is 448 g/mol. The number of nitrogens with zero attached hydrogens (tertiary/aromatic N) is 1. The van der Waals surface area contributed by atoms with Crippen LogP contribution in [0.3, 0.4) is 0 Å². The van der Waals surface area contributed by atoms with Crippen LogP contribution in [0, 0.1) is 0 Å². The van der Waals surface area contributed by atoms with Crippen molar-refractivity contribution in [3.8, 4) is 11.5 Å². The Bertz CT molecular complexity index is 1120. The smallest absolute Gasteiger partial charge is 0.262 e. The molecule has 0 radical (unpaired) electrons. The number of amides is 2. The highest BCUT2D eigenvalue weighted by atomic mass is 16.5. The molecular formula is C27H28N2O6. The molecule has 0 spiro atoms. The van der Waals surface area contributed by atoms with Gasteiger partial charge in [-0.15, -0.1) is 0 Å². The molecule has 4 rings (SSSR count). The van der Waals surface area contributed by atoms with Crippen LogP contribution in [-0.2, 0) is 20.9 Å². The molecule has 1 fully saturated rings. The van der Waals surface area contributed by atoms with E-state index in [1.807, 2.05) is 42.5 Å². The Balaban J connectivity index is 1.38. The molecule has 3 aromatic rings. The Morgan fingerprint density at radius 3 is 2.46 bits per heavy atom. The van der Waals surface area contributed by atoms with E-state index in [9.17, 15) is 14.7 Å². The third-order valence-electron chi connectivity index (χ3n) is 5.76. The number of aliphatic hydroxyl groups excluding tert-OH is 1. The average molecular weight is 477 g/mol. The third kappa shape index (κ3) is 6.38. The summed E-state index contributed by atoms with van der Waals surface area (Å²) in [5.74, 6) is 0.875. The Hall–Kier alpha value is -3.88. The highest BCUT2D eigenvalue weighted by Crippen LogP contribution is 2.27. The molecule has 182 valence electrons. The average Bonchev–Trinajstić information content (AvgIpc) is 2.90. The summed E-state index contributed by atoms with van der Waals surface area (Å²) in [6, 6.07) is 22.9. The van der Waals surface area contributed by atoms with Crippen molar-refractivity contribution in [3.63, 3.8) is 0 Å². The fraction of sp³-hybridized carbons (Fsp3) is 0.259. The van der Waals surface area contributed by atoms with Crippen molar-refractivity contribution in [2.24, 2.45) is 0 Å². The lowest BCUT2D eigenvalue weighted by molar-refractivity contribution is -0.155. The second-order valence-electron chi connectivity index (χ2n) is 8.17. The zero-order chi connectivity index (χ0) is 24.6. The number of hydrogen-bond donors (Lipinski definition) is 2. The predicted molar refractivity (Wildman–Crippen MR) is 130 cm³/mol. The fourth-order valence-corrected chi connectivity index (χ4v) is 3.87. The molecule has 2 N–H and O–H groups in total. The largest absolute Gasteiger partial charge is 0.497 e. The molecule has 0 unspecified atom stereocenters. The van der Waals surface area contributed by atoms with E-state index in [2.05, 4.69) is 5.32 Å². The molecule has 3 aromatic carbocycles. The Labute approximate surface area is 204 Å². The second-order valence-corrected chi connectivity index (χ2v) is 8.17. The van der Waals surface area contributed by atoms with Crippen LogP contribution in [0.1, 0.15) is 17.2 Å². The van der Waals surface area contributed by atoms with Crippen LogP contribution in [0.25, 0.3) is 0 Å². The van der Waals surface area contributed by atoms with Gasteiger partial charge in [-0.25, -0.2) is 0 Å². The molecule has 0 aliphatic carbocycles. The summed E-state index contributed by atoms with van der Waals surface area (Å²) in [5, 5.41) is 13.8. The third-order valence-corrected chi connectivity index (χ3v) is 5.76. The number of methoxy groups -OCH3 is 1. The van der Waals surface area contributed by atoms with E-state index < -0.39 is 12.1 Å². The number of nitrogens with one attached hydrogen (secondary N) is 1. The van der Waals surface area contributed by atoms with Gasteiger partial charge in [0.1, 0.15) is 24.2 Å². The first-order valence-corrected chi connectivity index (χ1v) is 11.3. The molecule has 2 atom stereocenters. The van der Waals surface area contributed by atoms with Crippen LogP contribution >= 0.6 is 0 Å². The lowest BCUT2D eigenvalue weighted by Crippen LogP contribution is -2.51. The first-order valence-electron chi connectivity index (χ1n) is 11.3. The number of ether oxygens (including phenoxy) is 3. The maximum absolute atomic E-state index is 12.6. The lowest BCUT2D eigenvalue weighted by Gasteiger charge is -2.38. The van der Waals surface area contributed by atoms with Gasteiger partial charge in [-0.05, 0) is 47.5 Å². The molecule has 1 saturated heterocycles. The molecule has 8 nitrogen and oxygen atoms in total. The van der Waals surface area contributed by atoms with Crippen molar-refractivity contribution in [3.05, 3.63) is 90.0 Å². The van der Waals surface area contributed by atoms with Gasteiger partial charge >= 0.3 is 0 Å². The van der Waals surface area contributed by atoms with Crippen molar-refractivity contribution in [2.45, 2.75) is 18.7 Å². The number of rotatable bonds is 9. The number of benzene rings is 3. The van der Waals surface area contributed by atoms with Crippen LogP contribution in [-0.4, -0.2) is 54.8 Å². The molecule has 1 aliphatic rings. The van der Waals surface area contributed by atoms with Crippen LogP contribution in [0.2, 0.25) is 0 Å². The molecule has 2 amide bonds. The first kappa shape index (κ1) is 24.3. The van der Waals surface area contributed by atoms with Gasteiger partial charge in [0.25, 0.3) is 5.91 Å². The van der Waals surface area contributed by atoms with E-state index in [4.69, 9.17) is 14.2 Å². The summed E-state index contributed by atoms with van der Waals surface area (Å²) in [6.07, 6.45) is -0.955. The summed E-state index contributed by atoms with van der Waals surface area (Å²) in [7, 11) is 1.60. The van der Waals surface area contributed by atoms with Crippen LogP contribution < -0.4 is 14.8 Å². The van der Waals surface area contributed by atoms with Gasteiger partial charge in [-0.3, -0.25) is 9.59 Å². The number of para-hydroxylation sites is 1. The number of hydrogen-bond acceptors (Lipinski definition) is 6. The highest BCUT2D eigenvalue weighted by Gasteiger charge is 2.34. The van der Waals surface area contributed by atoms with Gasteiger partial charge < -0.3 is 29.5 Å². The van der Waals surface area contributed by atoms with E-state index in [-0.39, 0.29) is 31.6 Å². The van der Waals surface area contributed by atoms with Gasteiger partial charge in [-0.2, -0.15) is 0 Å². The predicted octanol–water partition coefficient (Wildman–Crippen LogP) is 3.17. The molecule has 0 bridgehead atoms. The van der Waals surface area contributed by atoms with Crippen molar-refractivity contribution >= 4 is 17.5 Å². The number of aliphatic hydroxyl groups is 1. The highest BCUT2D eigenvalue weighted by molar-refractivity contribution is 5.91. The van der Waals surface area contributed by atoms with Crippen molar-refractivity contribution < 1.29 is 28.9 Å². The monoisotopic (exact) mass is 476 g/mol. The van der Waals surface area contributed by atoms with Gasteiger partial charge in [0.15, 0.2) is 6.61 Å². The minimum Gasteiger partial charge on any atom is -0.497 e. The second kappa shape index (κ2) is 11.5. The van der Waals surface area contributed by atoms with E-state index in [0.717, 1.165) is 11.3 Å². The van der Waals surface area contributed by atoms with Crippen LogP contribution in [0.5, 0.6) is 11.5 Å². The first-order chi connectivity index (χ1) is 17.0. The molecule has 1 aliphatic heterocycles. The topological polar surface area (TPSA) is 97.3 Å². The molecule has 35 heavy (non-hydrogen) atoms. The van der Waals surface area contributed by atoms with Crippen LogP contribution in [0.4, 0.5) is 5.69 Å². The van der Waals surface area contributed by atoms with Crippen molar-refractivity contribution in [1.29, 1.82) is 0 Å². The molecule has 0 aromatic heterocycles. The van der Waals surface area contributed by atoms with E-state index >= 15 is 0 Å². The molecule has 8 heteroatoms. The molecule has 0 saturated carbocycles. The Kier molecular flexibility index (Phi) is 7.97. The fourth-order valence-electron chi connectivity index (χ4n) is 3.87. The van der Waals surface area contributed by atoms with E-state index in [0.29, 0.717) is 23.5 Å². The summed E-state index contributed by atoms with van der Waals surface area (Å²) in [4.78, 5) is 26.4. The maximum atomic E-state index is 12.6. The van der Waals surface area contributed by atoms with Crippen molar-refractivity contribution in [1.82, 2.24) is 4.90 Å². The summed E-state index contributed by atoms with van der Waals surface area (Å²) in [6.45, 7) is 0.438. The maximum Gasteiger partial charge on any atom is 0.262 e. The number of morpholine rings is 1. The Morgan fingerprint density at radius 1 is 1.06 bits per heavy atom. The standard InChI is InChI=1S/C27H28N2O6/c1-33-22-13-7-19(8-14-22)15-29-24(16-34-18-26(29)31)27(32)20-9-11-21(12-10-20)28-25(30)17-35-23-5-3-2-4-6-23/h2-14,24,27,32H,15-18H2,1H3,(H,28,30)/t24-,27-/m1/s1. The Morgan fingerprint density at radius 2 is 1.77 bits per heavy atom. The molecule has 1 heterocycles.